The number of likely N-dealkylation sites (N-methyl/N-ethyl adjacent to an activating group) is 1. The zero-order valence-electron chi connectivity index (χ0n) is 14.1. The fourth-order valence-electron chi connectivity index (χ4n) is 2.38. The maximum Gasteiger partial charge on any atom is 0.239 e. The SMILES string of the molecule is COc1ccccc1OCCN(C)C(=O)[C@@H](N)Cc1ccccc1. The van der Waals surface area contributed by atoms with Crippen LogP contribution >= 0.6 is 0 Å². The van der Waals surface area contributed by atoms with E-state index < -0.39 is 6.04 Å². The summed E-state index contributed by atoms with van der Waals surface area (Å²) in [4.78, 5) is 13.9. The summed E-state index contributed by atoms with van der Waals surface area (Å²) in [5.41, 5.74) is 7.08. The van der Waals surface area contributed by atoms with Gasteiger partial charge < -0.3 is 20.1 Å². The number of nitrogens with zero attached hydrogens (tertiary/aromatic N) is 1. The first-order chi connectivity index (χ1) is 11.6. The van der Waals surface area contributed by atoms with Crippen molar-refractivity contribution in [3.05, 3.63) is 60.2 Å². The van der Waals surface area contributed by atoms with Crippen molar-refractivity contribution in [2.45, 2.75) is 12.5 Å². The Balaban J connectivity index is 1.81. The summed E-state index contributed by atoms with van der Waals surface area (Å²) in [6.07, 6.45) is 0.525. The molecule has 0 saturated carbocycles. The molecular weight excluding hydrogens is 304 g/mol. The molecule has 0 aromatic heterocycles. The van der Waals surface area contributed by atoms with Crippen LogP contribution in [0.4, 0.5) is 0 Å². The Hall–Kier alpha value is -2.53. The van der Waals surface area contributed by atoms with E-state index in [0.29, 0.717) is 31.1 Å². The number of amides is 1. The number of nitrogens with two attached hydrogens (primary N) is 1. The number of rotatable bonds is 8. The number of hydrogen-bond acceptors (Lipinski definition) is 4. The third kappa shape index (κ3) is 4.99. The Labute approximate surface area is 143 Å². The molecule has 0 aliphatic rings. The van der Waals surface area contributed by atoms with Gasteiger partial charge in [0.15, 0.2) is 11.5 Å². The number of carbonyl (C=O) groups excluding carboxylic acids is 1. The van der Waals surface area contributed by atoms with Gasteiger partial charge in [0.1, 0.15) is 6.61 Å². The summed E-state index contributed by atoms with van der Waals surface area (Å²) in [6, 6.07) is 16.6. The Morgan fingerprint density at radius 3 is 2.38 bits per heavy atom. The molecule has 0 spiro atoms. The van der Waals surface area contributed by atoms with Gasteiger partial charge in [-0.3, -0.25) is 4.79 Å². The van der Waals surface area contributed by atoms with Crippen LogP contribution in [0.1, 0.15) is 5.56 Å². The third-order valence-electron chi connectivity index (χ3n) is 3.75. The lowest BCUT2D eigenvalue weighted by molar-refractivity contribution is -0.131. The number of para-hydroxylation sites is 2. The molecule has 24 heavy (non-hydrogen) atoms. The van der Waals surface area contributed by atoms with E-state index in [4.69, 9.17) is 15.2 Å². The molecule has 5 heteroatoms. The van der Waals surface area contributed by atoms with E-state index in [2.05, 4.69) is 0 Å². The molecule has 0 bridgehead atoms. The fraction of sp³-hybridized carbons (Fsp3) is 0.316. The summed E-state index contributed by atoms with van der Waals surface area (Å²) in [5.74, 6) is 1.24. The maximum atomic E-state index is 12.3. The molecule has 0 radical (unpaired) electrons. The molecule has 0 unspecified atom stereocenters. The molecule has 2 rings (SSSR count). The number of hydrogen-bond donors (Lipinski definition) is 1. The first kappa shape index (κ1) is 17.8. The summed E-state index contributed by atoms with van der Waals surface area (Å²) >= 11 is 0. The Kier molecular flexibility index (Phi) is 6.63. The van der Waals surface area contributed by atoms with E-state index >= 15 is 0 Å². The molecule has 2 N–H and O–H groups in total. The largest absolute Gasteiger partial charge is 0.493 e. The molecule has 2 aromatic rings. The van der Waals surface area contributed by atoms with Crippen molar-refractivity contribution in [2.24, 2.45) is 5.73 Å². The molecule has 1 amide bonds. The Morgan fingerprint density at radius 1 is 1.08 bits per heavy atom. The summed E-state index contributed by atoms with van der Waals surface area (Å²) < 4.78 is 10.9. The van der Waals surface area contributed by atoms with Gasteiger partial charge in [-0.25, -0.2) is 0 Å². The Morgan fingerprint density at radius 2 is 1.71 bits per heavy atom. The van der Waals surface area contributed by atoms with Gasteiger partial charge in [-0.1, -0.05) is 42.5 Å². The zero-order valence-corrected chi connectivity index (χ0v) is 14.1. The predicted octanol–water partition coefficient (Wildman–Crippen LogP) is 2.10. The highest BCUT2D eigenvalue weighted by molar-refractivity contribution is 5.81. The minimum absolute atomic E-state index is 0.0949. The lowest BCUT2D eigenvalue weighted by atomic mass is 10.1. The van der Waals surface area contributed by atoms with Gasteiger partial charge in [0.05, 0.1) is 19.7 Å². The van der Waals surface area contributed by atoms with Crippen LogP contribution < -0.4 is 15.2 Å². The normalized spacial score (nSPS) is 11.6. The first-order valence-corrected chi connectivity index (χ1v) is 7.92. The van der Waals surface area contributed by atoms with E-state index in [1.807, 2.05) is 54.6 Å². The lowest BCUT2D eigenvalue weighted by Crippen LogP contribution is -2.44. The molecule has 0 aliphatic carbocycles. The van der Waals surface area contributed by atoms with Gasteiger partial charge in [0, 0.05) is 7.05 Å². The third-order valence-corrected chi connectivity index (χ3v) is 3.75. The minimum atomic E-state index is -0.552. The lowest BCUT2D eigenvalue weighted by Gasteiger charge is -2.21. The second-order valence-electron chi connectivity index (χ2n) is 5.56. The van der Waals surface area contributed by atoms with Gasteiger partial charge in [0.2, 0.25) is 5.91 Å². The van der Waals surface area contributed by atoms with Crippen molar-refractivity contribution in [1.29, 1.82) is 0 Å². The highest BCUT2D eigenvalue weighted by atomic mass is 16.5. The smallest absolute Gasteiger partial charge is 0.239 e. The van der Waals surface area contributed by atoms with Crippen molar-refractivity contribution < 1.29 is 14.3 Å². The molecular formula is C19H24N2O3. The molecule has 0 saturated heterocycles. The number of benzene rings is 2. The summed E-state index contributed by atoms with van der Waals surface area (Å²) in [5, 5.41) is 0. The van der Waals surface area contributed by atoms with Crippen molar-refractivity contribution in [1.82, 2.24) is 4.90 Å². The minimum Gasteiger partial charge on any atom is -0.493 e. The highest BCUT2D eigenvalue weighted by Crippen LogP contribution is 2.25. The van der Waals surface area contributed by atoms with E-state index in [-0.39, 0.29) is 5.91 Å². The van der Waals surface area contributed by atoms with Gasteiger partial charge in [-0.2, -0.15) is 0 Å². The van der Waals surface area contributed by atoms with E-state index in [1.165, 1.54) is 0 Å². The summed E-state index contributed by atoms with van der Waals surface area (Å²) in [7, 11) is 3.33. The topological polar surface area (TPSA) is 64.8 Å². The highest BCUT2D eigenvalue weighted by Gasteiger charge is 2.18. The van der Waals surface area contributed by atoms with Crippen LogP contribution in [0.15, 0.2) is 54.6 Å². The van der Waals surface area contributed by atoms with E-state index in [0.717, 1.165) is 5.56 Å². The number of methoxy groups -OCH3 is 1. The number of carbonyl (C=O) groups is 1. The van der Waals surface area contributed by atoms with Crippen LogP contribution in [0.25, 0.3) is 0 Å². The van der Waals surface area contributed by atoms with Crippen LogP contribution in [0.5, 0.6) is 11.5 Å². The molecule has 0 fully saturated rings. The van der Waals surface area contributed by atoms with Crippen molar-refractivity contribution >= 4 is 5.91 Å². The molecule has 1 atom stereocenters. The molecule has 2 aromatic carbocycles. The van der Waals surface area contributed by atoms with Crippen molar-refractivity contribution in [2.75, 3.05) is 27.3 Å². The molecule has 128 valence electrons. The van der Waals surface area contributed by atoms with Crippen LogP contribution in [0, 0.1) is 0 Å². The Bertz CT molecular complexity index is 646. The standard InChI is InChI=1S/C19H24N2O3/c1-21(12-13-24-18-11-7-6-10-17(18)23-2)19(22)16(20)14-15-8-4-3-5-9-15/h3-11,16H,12-14,20H2,1-2H3/t16-/m0/s1. The average Bonchev–Trinajstić information content (AvgIpc) is 2.62. The quantitative estimate of drug-likeness (QED) is 0.806. The first-order valence-electron chi connectivity index (χ1n) is 7.92. The zero-order chi connectivity index (χ0) is 17.4. The average molecular weight is 328 g/mol. The van der Waals surface area contributed by atoms with Gasteiger partial charge in [-0.05, 0) is 24.1 Å². The predicted molar refractivity (Wildman–Crippen MR) is 94.2 cm³/mol. The molecule has 0 heterocycles. The monoisotopic (exact) mass is 328 g/mol. The van der Waals surface area contributed by atoms with Crippen LogP contribution in [0.2, 0.25) is 0 Å². The van der Waals surface area contributed by atoms with Crippen molar-refractivity contribution in [3.63, 3.8) is 0 Å². The van der Waals surface area contributed by atoms with Crippen LogP contribution in [-0.4, -0.2) is 44.2 Å². The second kappa shape index (κ2) is 8.93. The van der Waals surface area contributed by atoms with E-state index in [1.54, 1.807) is 19.1 Å². The van der Waals surface area contributed by atoms with Crippen LogP contribution in [-0.2, 0) is 11.2 Å². The second-order valence-corrected chi connectivity index (χ2v) is 5.56. The maximum absolute atomic E-state index is 12.3. The van der Waals surface area contributed by atoms with Crippen LogP contribution in [0.3, 0.4) is 0 Å². The number of ether oxygens (including phenoxy) is 2. The summed E-state index contributed by atoms with van der Waals surface area (Å²) in [6.45, 7) is 0.833. The van der Waals surface area contributed by atoms with Gasteiger partial charge in [-0.15, -0.1) is 0 Å². The van der Waals surface area contributed by atoms with Gasteiger partial charge >= 0.3 is 0 Å². The molecule has 0 aliphatic heterocycles. The molecule has 5 nitrogen and oxygen atoms in total. The van der Waals surface area contributed by atoms with E-state index in [9.17, 15) is 4.79 Å². The fourth-order valence-corrected chi connectivity index (χ4v) is 2.38. The van der Waals surface area contributed by atoms with Crippen molar-refractivity contribution in [3.8, 4) is 11.5 Å². The van der Waals surface area contributed by atoms with Gasteiger partial charge in [0.25, 0.3) is 0 Å².